The Morgan fingerprint density at radius 2 is 1.79 bits per heavy atom. The molecule has 33 heavy (non-hydrogen) atoms. The van der Waals surface area contributed by atoms with Crippen LogP contribution < -0.4 is 5.32 Å². The number of carbonyl (C=O) groups excluding carboxylic acids is 2. The second-order valence-electron chi connectivity index (χ2n) is 8.65. The Kier molecular flexibility index (Phi) is 10.8. The Hall–Kier alpha value is -2.65. The van der Waals surface area contributed by atoms with E-state index in [-0.39, 0.29) is 19.6 Å². The standard InChI is InChI=1S/C24H35NO7S/c1-8-17(3)19-12-10-18(11-13-19)14-21(25-23(27)32-24(4,5)6)15-20(22(26)30-9-2)16-31-33(7,28)29/h8,10-13,20-21H,1,3,9,14-16H2,2,4-7H3,(H,25,27). The predicted octanol–water partition coefficient (Wildman–Crippen LogP) is 3.87. The molecule has 1 N–H and O–H groups in total. The van der Waals surface area contributed by atoms with Crippen LogP contribution in [0.3, 0.4) is 0 Å². The van der Waals surface area contributed by atoms with Crippen molar-refractivity contribution in [1.29, 1.82) is 0 Å². The molecule has 0 saturated heterocycles. The fourth-order valence-corrected chi connectivity index (χ4v) is 3.38. The lowest BCUT2D eigenvalue weighted by atomic mass is 9.94. The van der Waals surface area contributed by atoms with Gasteiger partial charge in [-0.3, -0.25) is 8.98 Å². The van der Waals surface area contributed by atoms with Gasteiger partial charge in [0, 0.05) is 6.04 Å². The highest BCUT2D eigenvalue weighted by atomic mass is 32.2. The third kappa shape index (κ3) is 11.7. The smallest absolute Gasteiger partial charge is 0.407 e. The predicted molar refractivity (Wildman–Crippen MR) is 128 cm³/mol. The van der Waals surface area contributed by atoms with Gasteiger partial charge in [-0.25, -0.2) is 4.79 Å². The molecule has 0 aliphatic carbocycles. The van der Waals surface area contributed by atoms with E-state index >= 15 is 0 Å². The molecule has 1 aromatic carbocycles. The molecule has 0 saturated carbocycles. The second-order valence-corrected chi connectivity index (χ2v) is 10.3. The summed E-state index contributed by atoms with van der Waals surface area (Å²) in [6, 6.07) is 7.00. The first kappa shape index (κ1) is 28.4. The molecule has 184 valence electrons. The third-order valence-electron chi connectivity index (χ3n) is 4.45. The van der Waals surface area contributed by atoms with Crippen molar-refractivity contribution in [2.45, 2.75) is 52.2 Å². The lowest BCUT2D eigenvalue weighted by Crippen LogP contribution is -2.42. The van der Waals surface area contributed by atoms with E-state index in [0.29, 0.717) is 6.42 Å². The van der Waals surface area contributed by atoms with Crippen LogP contribution in [0.1, 0.15) is 45.2 Å². The summed E-state index contributed by atoms with van der Waals surface area (Å²) < 4.78 is 38.2. The maximum atomic E-state index is 12.5. The molecule has 8 nitrogen and oxygen atoms in total. The van der Waals surface area contributed by atoms with Crippen molar-refractivity contribution in [3.8, 4) is 0 Å². The van der Waals surface area contributed by atoms with Crippen LogP contribution in [0.4, 0.5) is 4.79 Å². The van der Waals surface area contributed by atoms with Gasteiger partial charge in [0.1, 0.15) is 5.60 Å². The molecule has 1 rings (SSSR count). The van der Waals surface area contributed by atoms with Gasteiger partial charge >= 0.3 is 12.1 Å². The monoisotopic (exact) mass is 481 g/mol. The number of amides is 1. The molecule has 0 fully saturated rings. The highest BCUT2D eigenvalue weighted by Crippen LogP contribution is 2.19. The van der Waals surface area contributed by atoms with Gasteiger partial charge in [-0.1, -0.05) is 43.5 Å². The van der Waals surface area contributed by atoms with Crippen LogP contribution in [0.5, 0.6) is 0 Å². The van der Waals surface area contributed by atoms with Gasteiger partial charge in [0.2, 0.25) is 0 Å². The molecular weight excluding hydrogens is 446 g/mol. The minimum absolute atomic E-state index is 0.0920. The summed E-state index contributed by atoms with van der Waals surface area (Å²) in [6.45, 7) is 14.3. The van der Waals surface area contributed by atoms with E-state index in [9.17, 15) is 18.0 Å². The van der Waals surface area contributed by atoms with Gasteiger partial charge < -0.3 is 14.8 Å². The molecule has 0 spiro atoms. The van der Waals surface area contributed by atoms with E-state index in [1.807, 2.05) is 24.3 Å². The topological polar surface area (TPSA) is 108 Å². The Balaban J connectivity index is 3.11. The Labute approximate surface area is 197 Å². The SMILES string of the molecule is C=CC(=C)c1ccc(CC(CC(COS(C)(=O)=O)C(=O)OCC)NC(=O)OC(C)(C)C)cc1. The zero-order valence-electron chi connectivity index (χ0n) is 20.1. The molecule has 0 aliphatic heterocycles. The third-order valence-corrected chi connectivity index (χ3v) is 5.01. The first-order valence-corrected chi connectivity index (χ1v) is 12.5. The van der Waals surface area contributed by atoms with Gasteiger partial charge in [0.25, 0.3) is 10.1 Å². The van der Waals surface area contributed by atoms with Crippen molar-refractivity contribution in [3.63, 3.8) is 0 Å². The molecule has 0 radical (unpaired) electrons. The zero-order valence-corrected chi connectivity index (χ0v) is 20.9. The maximum Gasteiger partial charge on any atom is 0.407 e. The minimum Gasteiger partial charge on any atom is -0.466 e. The number of carbonyl (C=O) groups is 2. The van der Waals surface area contributed by atoms with Crippen molar-refractivity contribution in [3.05, 3.63) is 54.6 Å². The summed E-state index contributed by atoms with van der Waals surface area (Å²) in [7, 11) is -3.76. The maximum absolute atomic E-state index is 12.5. The van der Waals surface area contributed by atoms with Crippen LogP contribution in [0, 0.1) is 5.92 Å². The molecule has 0 heterocycles. The molecule has 0 aliphatic rings. The van der Waals surface area contributed by atoms with Crippen molar-refractivity contribution >= 4 is 27.8 Å². The largest absolute Gasteiger partial charge is 0.466 e. The number of allylic oxidation sites excluding steroid dienone is 2. The first-order valence-electron chi connectivity index (χ1n) is 10.6. The summed E-state index contributed by atoms with van der Waals surface area (Å²) in [5, 5.41) is 2.79. The number of rotatable bonds is 12. The fraction of sp³-hybridized carbons (Fsp3) is 0.500. The van der Waals surface area contributed by atoms with E-state index in [1.54, 1.807) is 33.8 Å². The zero-order chi connectivity index (χ0) is 25.2. The highest BCUT2D eigenvalue weighted by Gasteiger charge is 2.28. The number of esters is 1. The summed E-state index contributed by atoms with van der Waals surface area (Å²) in [4.78, 5) is 24.9. The van der Waals surface area contributed by atoms with E-state index in [1.165, 1.54) is 0 Å². The van der Waals surface area contributed by atoms with Gasteiger partial charge in [0.05, 0.1) is 25.4 Å². The minimum atomic E-state index is -3.76. The number of hydrogen-bond donors (Lipinski definition) is 1. The fourth-order valence-electron chi connectivity index (χ4n) is 2.97. The Morgan fingerprint density at radius 3 is 2.27 bits per heavy atom. The van der Waals surface area contributed by atoms with Gasteiger partial charge in [-0.2, -0.15) is 8.42 Å². The Morgan fingerprint density at radius 1 is 1.18 bits per heavy atom. The lowest BCUT2D eigenvalue weighted by molar-refractivity contribution is -0.149. The summed E-state index contributed by atoms with van der Waals surface area (Å²) >= 11 is 0. The molecule has 2 atom stereocenters. The van der Waals surface area contributed by atoms with E-state index in [4.69, 9.17) is 13.7 Å². The molecule has 1 aromatic rings. The first-order chi connectivity index (χ1) is 15.2. The van der Waals surface area contributed by atoms with Crippen molar-refractivity contribution in [1.82, 2.24) is 5.32 Å². The van der Waals surface area contributed by atoms with Crippen LogP contribution in [0.15, 0.2) is 43.5 Å². The van der Waals surface area contributed by atoms with Crippen molar-refractivity contribution in [2.75, 3.05) is 19.5 Å². The second kappa shape index (κ2) is 12.6. The van der Waals surface area contributed by atoms with Crippen LogP contribution in [0.25, 0.3) is 5.57 Å². The lowest BCUT2D eigenvalue weighted by Gasteiger charge is -2.26. The average molecular weight is 482 g/mol. The summed E-state index contributed by atoms with van der Waals surface area (Å²) in [5.74, 6) is -1.51. The number of nitrogens with one attached hydrogen (secondary N) is 1. The molecule has 0 bridgehead atoms. The summed E-state index contributed by atoms with van der Waals surface area (Å²) in [6.07, 6.45) is 2.39. The average Bonchev–Trinajstić information content (AvgIpc) is 2.68. The van der Waals surface area contributed by atoms with Crippen molar-refractivity contribution < 1.29 is 31.7 Å². The van der Waals surface area contributed by atoms with E-state index < -0.39 is 39.7 Å². The van der Waals surface area contributed by atoms with E-state index in [0.717, 1.165) is 23.0 Å². The van der Waals surface area contributed by atoms with Crippen molar-refractivity contribution in [2.24, 2.45) is 5.92 Å². The van der Waals surface area contributed by atoms with Crippen LogP contribution in [0.2, 0.25) is 0 Å². The van der Waals surface area contributed by atoms with Crippen LogP contribution in [-0.4, -0.2) is 51.6 Å². The molecule has 1 amide bonds. The summed E-state index contributed by atoms with van der Waals surface area (Å²) in [5.41, 5.74) is 1.88. The molecular formula is C24H35NO7S. The molecule has 2 unspecified atom stereocenters. The van der Waals surface area contributed by atoms with Gasteiger partial charge in [-0.05, 0) is 57.2 Å². The normalized spacial score (nSPS) is 13.5. The van der Waals surface area contributed by atoms with Crippen LogP contribution in [-0.2, 0) is 35.0 Å². The van der Waals surface area contributed by atoms with Gasteiger partial charge in [-0.15, -0.1) is 0 Å². The quantitative estimate of drug-likeness (QED) is 0.274. The van der Waals surface area contributed by atoms with E-state index in [2.05, 4.69) is 18.5 Å². The Bertz CT molecular complexity index is 931. The highest BCUT2D eigenvalue weighted by molar-refractivity contribution is 7.85. The number of hydrogen-bond acceptors (Lipinski definition) is 7. The number of benzene rings is 1. The van der Waals surface area contributed by atoms with Gasteiger partial charge in [0.15, 0.2) is 0 Å². The molecule has 9 heteroatoms. The number of ether oxygens (including phenoxy) is 2. The molecule has 0 aromatic heterocycles. The number of alkyl carbamates (subject to hydrolysis) is 1. The van der Waals surface area contributed by atoms with Crippen LogP contribution >= 0.6 is 0 Å².